The highest BCUT2D eigenvalue weighted by molar-refractivity contribution is 7.89. The number of phenolic OH excluding ortho intramolecular Hbond substituents is 1. The van der Waals surface area contributed by atoms with Crippen molar-refractivity contribution in [2.24, 2.45) is 0 Å². The van der Waals surface area contributed by atoms with E-state index in [0.717, 1.165) is 10.4 Å². The maximum absolute atomic E-state index is 12.8. The third-order valence-electron chi connectivity index (χ3n) is 4.69. The molecule has 0 bridgehead atoms. The number of nitrogens with zero attached hydrogens (tertiary/aromatic N) is 2. The van der Waals surface area contributed by atoms with Crippen molar-refractivity contribution in [1.82, 2.24) is 14.5 Å². The lowest BCUT2D eigenvalue weighted by Gasteiger charge is -2.34. The van der Waals surface area contributed by atoms with Crippen molar-refractivity contribution in [3.05, 3.63) is 45.6 Å². The SMILES string of the molecule is Cc1ccc(O)c(S(=O)(=O)N2CCN(C(=O)CNC(=O)c3ccc(C)s3)CC2)c1. The summed E-state index contributed by atoms with van der Waals surface area (Å²) < 4.78 is 26.9. The average molecular weight is 438 g/mol. The molecule has 1 fully saturated rings. The van der Waals surface area contributed by atoms with E-state index in [4.69, 9.17) is 0 Å². The minimum absolute atomic E-state index is 0.125. The van der Waals surface area contributed by atoms with Crippen molar-refractivity contribution in [2.75, 3.05) is 32.7 Å². The van der Waals surface area contributed by atoms with Crippen molar-refractivity contribution in [3.8, 4) is 5.75 Å². The first-order valence-electron chi connectivity index (χ1n) is 9.10. The Labute approximate surface area is 173 Å². The van der Waals surface area contributed by atoms with Crippen molar-refractivity contribution < 1.29 is 23.1 Å². The smallest absolute Gasteiger partial charge is 0.261 e. The fraction of sp³-hybridized carbons (Fsp3) is 0.368. The number of rotatable bonds is 5. The summed E-state index contributed by atoms with van der Waals surface area (Å²) >= 11 is 1.36. The minimum Gasteiger partial charge on any atom is -0.507 e. The topological polar surface area (TPSA) is 107 Å². The molecule has 1 saturated heterocycles. The summed E-state index contributed by atoms with van der Waals surface area (Å²) in [5, 5.41) is 12.6. The Bertz CT molecular complexity index is 1020. The number of carbonyl (C=O) groups is 2. The van der Waals surface area contributed by atoms with Crippen molar-refractivity contribution in [1.29, 1.82) is 0 Å². The molecule has 1 aliphatic heterocycles. The van der Waals surface area contributed by atoms with Crippen LogP contribution in [0.3, 0.4) is 0 Å². The Morgan fingerprint density at radius 2 is 1.79 bits per heavy atom. The maximum atomic E-state index is 12.8. The van der Waals surface area contributed by atoms with Gasteiger partial charge in [-0.15, -0.1) is 11.3 Å². The number of carbonyl (C=O) groups excluding carboxylic acids is 2. The number of hydrogen-bond acceptors (Lipinski definition) is 6. The first kappa shape index (κ1) is 21.3. The van der Waals surface area contributed by atoms with Gasteiger partial charge in [0.05, 0.1) is 11.4 Å². The largest absolute Gasteiger partial charge is 0.507 e. The third kappa shape index (κ3) is 4.77. The number of hydrogen-bond donors (Lipinski definition) is 2. The van der Waals surface area contributed by atoms with Crippen LogP contribution in [0.5, 0.6) is 5.75 Å². The number of sulfonamides is 1. The van der Waals surface area contributed by atoms with Crippen LogP contribution in [0.1, 0.15) is 20.1 Å². The summed E-state index contributed by atoms with van der Waals surface area (Å²) in [7, 11) is -3.85. The number of amides is 2. The summed E-state index contributed by atoms with van der Waals surface area (Å²) in [6.45, 7) is 4.20. The van der Waals surface area contributed by atoms with Gasteiger partial charge in [-0.25, -0.2) is 8.42 Å². The Morgan fingerprint density at radius 1 is 1.10 bits per heavy atom. The molecule has 2 aromatic rings. The molecular formula is C19H23N3O5S2. The second-order valence-corrected chi connectivity index (χ2v) is 10.0. The molecule has 0 unspecified atom stereocenters. The van der Waals surface area contributed by atoms with Gasteiger partial charge in [0.15, 0.2) is 0 Å². The van der Waals surface area contributed by atoms with E-state index in [1.807, 2.05) is 13.0 Å². The zero-order valence-electron chi connectivity index (χ0n) is 16.2. The second-order valence-electron chi connectivity index (χ2n) is 6.85. The molecule has 0 saturated carbocycles. The van der Waals surface area contributed by atoms with Crippen LogP contribution >= 0.6 is 11.3 Å². The van der Waals surface area contributed by atoms with Gasteiger partial charge in [0.1, 0.15) is 10.6 Å². The van der Waals surface area contributed by atoms with Crippen LogP contribution in [-0.4, -0.2) is 67.3 Å². The Hall–Kier alpha value is -2.43. The number of phenols is 1. The number of benzene rings is 1. The van der Waals surface area contributed by atoms with E-state index in [9.17, 15) is 23.1 Å². The molecule has 3 rings (SSSR count). The fourth-order valence-electron chi connectivity index (χ4n) is 3.06. The van der Waals surface area contributed by atoms with Gasteiger partial charge >= 0.3 is 0 Å². The monoisotopic (exact) mass is 437 g/mol. The van der Waals surface area contributed by atoms with Crippen LogP contribution in [-0.2, 0) is 14.8 Å². The first-order valence-corrected chi connectivity index (χ1v) is 11.4. The van der Waals surface area contributed by atoms with Gasteiger partial charge in [-0.2, -0.15) is 4.31 Å². The molecule has 1 aliphatic rings. The molecule has 0 atom stereocenters. The second kappa shape index (κ2) is 8.52. The van der Waals surface area contributed by atoms with E-state index in [0.29, 0.717) is 4.88 Å². The van der Waals surface area contributed by atoms with Crippen LogP contribution in [0.25, 0.3) is 0 Å². The molecule has 8 nitrogen and oxygen atoms in total. The maximum Gasteiger partial charge on any atom is 0.261 e. The van der Waals surface area contributed by atoms with Gasteiger partial charge in [0.25, 0.3) is 5.91 Å². The molecule has 2 amide bonds. The number of aromatic hydroxyl groups is 1. The van der Waals surface area contributed by atoms with Crippen molar-refractivity contribution >= 4 is 33.2 Å². The van der Waals surface area contributed by atoms with E-state index >= 15 is 0 Å². The lowest BCUT2D eigenvalue weighted by molar-refractivity contribution is -0.131. The fourth-order valence-corrected chi connectivity index (χ4v) is 5.43. The summed E-state index contributed by atoms with van der Waals surface area (Å²) in [4.78, 5) is 27.4. The predicted molar refractivity (Wildman–Crippen MR) is 110 cm³/mol. The van der Waals surface area contributed by atoms with Gasteiger partial charge in [-0.1, -0.05) is 6.07 Å². The molecule has 1 aromatic carbocycles. The van der Waals surface area contributed by atoms with Gasteiger partial charge < -0.3 is 15.3 Å². The summed E-state index contributed by atoms with van der Waals surface area (Å²) in [6.07, 6.45) is 0. The Kier molecular flexibility index (Phi) is 6.25. The quantitative estimate of drug-likeness (QED) is 0.734. The Morgan fingerprint density at radius 3 is 2.41 bits per heavy atom. The zero-order valence-corrected chi connectivity index (χ0v) is 17.8. The third-order valence-corrected chi connectivity index (χ3v) is 7.62. The molecule has 0 spiro atoms. The van der Waals surface area contributed by atoms with Crippen molar-refractivity contribution in [2.45, 2.75) is 18.7 Å². The minimum atomic E-state index is -3.85. The standard InChI is InChI=1S/C19H23N3O5S2/c1-13-3-5-15(23)17(11-13)29(26,27)22-9-7-21(8-10-22)18(24)12-20-19(25)16-6-4-14(2)28-16/h3-6,11,23H,7-10,12H2,1-2H3,(H,20,25). The molecule has 2 N–H and O–H groups in total. The summed E-state index contributed by atoms with van der Waals surface area (Å²) in [6, 6.07) is 7.98. The molecule has 0 radical (unpaired) electrons. The van der Waals surface area contributed by atoms with Gasteiger partial charge in [0.2, 0.25) is 15.9 Å². The van der Waals surface area contributed by atoms with Gasteiger partial charge in [-0.05, 0) is 43.7 Å². The molecule has 156 valence electrons. The number of aryl methyl sites for hydroxylation is 2. The Balaban J connectivity index is 1.56. The van der Waals surface area contributed by atoms with E-state index in [1.54, 1.807) is 19.1 Å². The highest BCUT2D eigenvalue weighted by Crippen LogP contribution is 2.27. The highest BCUT2D eigenvalue weighted by atomic mass is 32.2. The van der Waals surface area contributed by atoms with E-state index < -0.39 is 10.0 Å². The van der Waals surface area contributed by atoms with E-state index in [1.165, 1.54) is 32.7 Å². The van der Waals surface area contributed by atoms with Crippen LogP contribution in [0, 0.1) is 13.8 Å². The van der Waals surface area contributed by atoms with Crippen LogP contribution in [0.4, 0.5) is 0 Å². The average Bonchev–Trinajstić information content (AvgIpc) is 3.14. The highest BCUT2D eigenvalue weighted by Gasteiger charge is 2.31. The molecule has 10 heteroatoms. The van der Waals surface area contributed by atoms with Crippen LogP contribution in [0.2, 0.25) is 0 Å². The normalized spacial score (nSPS) is 15.3. The summed E-state index contributed by atoms with van der Waals surface area (Å²) in [5.74, 6) is -0.852. The van der Waals surface area contributed by atoms with Gasteiger partial charge in [0, 0.05) is 31.1 Å². The molecular weight excluding hydrogens is 414 g/mol. The molecule has 0 aliphatic carbocycles. The molecule has 1 aromatic heterocycles. The predicted octanol–water partition coefficient (Wildman–Crippen LogP) is 1.33. The van der Waals surface area contributed by atoms with Crippen molar-refractivity contribution in [3.63, 3.8) is 0 Å². The van der Waals surface area contributed by atoms with E-state index in [2.05, 4.69) is 5.32 Å². The van der Waals surface area contributed by atoms with E-state index in [-0.39, 0.29) is 55.2 Å². The van der Waals surface area contributed by atoms with Crippen LogP contribution in [0.15, 0.2) is 35.2 Å². The first-order chi connectivity index (χ1) is 13.7. The lowest BCUT2D eigenvalue weighted by Crippen LogP contribution is -2.52. The van der Waals surface area contributed by atoms with Gasteiger partial charge in [-0.3, -0.25) is 9.59 Å². The number of nitrogens with one attached hydrogen (secondary N) is 1. The number of piperazine rings is 1. The summed E-state index contributed by atoms with van der Waals surface area (Å²) in [5.41, 5.74) is 0.729. The lowest BCUT2D eigenvalue weighted by atomic mass is 10.2. The number of thiophene rings is 1. The zero-order chi connectivity index (χ0) is 21.2. The van der Waals surface area contributed by atoms with Crippen LogP contribution < -0.4 is 5.32 Å². The molecule has 29 heavy (non-hydrogen) atoms. The molecule has 2 heterocycles.